The highest BCUT2D eigenvalue weighted by Gasteiger charge is 2.43. The number of piperidine rings is 1. The second kappa shape index (κ2) is 4.98. The van der Waals surface area contributed by atoms with E-state index in [-0.39, 0.29) is 5.92 Å². The van der Waals surface area contributed by atoms with Crippen molar-refractivity contribution in [1.82, 2.24) is 9.88 Å². The van der Waals surface area contributed by atoms with Crippen LogP contribution in [0.1, 0.15) is 25.7 Å². The van der Waals surface area contributed by atoms with Gasteiger partial charge in [-0.2, -0.15) is 4.98 Å². The van der Waals surface area contributed by atoms with E-state index in [2.05, 4.69) is 14.8 Å². The molecule has 3 aliphatic heterocycles. The van der Waals surface area contributed by atoms with Crippen molar-refractivity contribution in [2.24, 2.45) is 11.8 Å². The monoisotopic (exact) mass is 311 g/mol. The minimum atomic E-state index is 0.0995. The number of oxazole rings is 1. The summed E-state index contributed by atoms with van der Waals surface area (Å²) >= 11 is 0. The van der Waals surface area contributed by atoms with Crippen LogP contribution in [0.3, 0.4) is 0 Å². The molecule has 0 spiro atoms. The van der Waals surface area contributed by atoms with E-state index in [1.807, 2.05) is 24.3 Å². The zero-order chi connectivity index (χ0) is 15.4. The summed E-state index contributed by atoms with van der Waals surface area (Å²) in [7, 11) is 0. The lowest BCUT2D eigenvalue weighted by Crippen LogP contribution is -2.48. The van der Waals surface area contributed by atoms with Gasteiger partial charge in [-0.25, -0.2) is 0 Å². The smallest absolute Gasteiger partial charge is 0.298 e. The fraction of sp³-hybridized carbons (Fsp3) is 0.556. The van der Waals surface area contributed by atoms with Gasteiger partial charge in [0.1, 0.15) is 5.52 Å². The Bertz CT molecular complexity index is 719. The van der Waals surface area contributed by atoms with E-state index in [0.717, 1.165) is 49.5 Å². The van der Waals surface area contributed by atoms with E-state index in [1.165, 1.54) is 12.8 Å². The number of amides is 1. The van der Waals surface area contributed by atoms with Crippen molar-refractivity contribution >= 4 is 23.0 Å². The molecule has 6 rings (SSSR count). The van der Waals surface area contributed by atoms with Crippen LogP contribution in [0.2, 0.25) is 0 Å². The predicted octanol–water partition coefficient (Wildman–Crippen LogP) is 2.67. The van der Waals surface area contributed by atoms with Crippen molar-refractivity contribution in [1.29, 1.82) is 0 Å². The summed E-state index contributed by atoms with van der Waals surface area (Å²) in [6, 6.07) is 8.84. The van der Waals surface area contributed by atoms with E-state index in [1.54, 1.807) is 0 Å². The van der Waals surface area contributed by atoms with E-state index in [4.69, 9.17) is 4.42 Å². The quantitative estimate of drug-likeness (QED) is 0.874. The standard InChI is InChI=1S/C18H21N3O2/c22-17-13-7-8-14(21(17)9-12-5-6-12)11-20(10-13)18-19-15-3-1-2-4-16(15)23-18/h1-4,12-14H,5-11H2/t13-,14+/m0/s1. The number of aromatic nitrogens is 1. The Morgan fingerprint density at radius 3 is 2.83 bits per heavy atom. The second-order valence-electron chi connectivity index (χ2n) is 7.23. The molecule has 1 amide bonds. The molecular formula is C18H21N3O2. The largest absolute Gasteiger partial charge is 0.423 e. The molecule has 3 saturated heterocycles. The summed E-state index contributed by atoms with van der Waals surface area (Å²) in [5.41, 5.74) is 1.71. The Morgan fingerprint density at radius 2 is 2.00 bits per heavy atom. The van der Waals surface area contributed by atoms with Gasteiger partial charge in [-0.1, -0.05) is 12.1 Å². The van der Waals surface area contributed by atoms with E-state index >= 15 is 0 Å². The second-order valence-corrected chi connectivity index (χ2v) is 7.23. The number of hydrogen-bond acceptors (Lipinski definition) is 4. The highest BCUT2D eigenvalue weighted by Crippen LogP contribution is 2.36. The fourth-order valence-electron chi connectivity index (χ4n) is 4.01. The molecule has 2 atom stereocenters. The van der Waals surface area contributed by atoms with Gasteiger partial charge in [-0.3, -0.25) is 4.79 Å². The van der Waals surface area contributed by atoms with Gasteiger partial charge in [0.15, 0.2) is 5.58 Å². The molecule has 1 saturated carbocycles. The van der Waals surface area contributed by atoms with Crippen molar-refractivity contribution in [3.63, 3.8) is 0 Å². The third-order valence-electron chi connectivity index (χ3n) is 5.50. The number of para-hydroxylation sites is 2. The number of rotatable bonds is 3. The number of carbonyl (C=O) groups excluding carboxylic acids is 1. The highest BCUT2D eigenvalue weighted by atomic mass is 16.4. The summed E-state index contributed by atoms with van der Waals surface area (Å²) in [5, 5.41) is 0. The maximum atomic E-state index is 12.8. The third-order valence-corrected chi connectivity index (χ3v) is 5.50. The van der Waals surface area contributed by atoms with Gasteiger partial charge in [0.25, 0.3) is 6.01 Å². The van der Waals surface area contributed by atoms with Crippen LogP contribution >= 0.6 is 0 Å². The zero-order valence-corrected chi connectivity index (χ0v) is 13.1. The van der Waals surface area contributed by atoms with Crippen molar-refractivity contribution < 1.29 is 9.21 Å². The third kappa shape index (κ3) is 2.30. The molecule has 5 heteroatoms. The van der Waals surface area contributed by atoms with E-state index < -0.39 is 0 Å². The van der Waals surface area contributed by atoms with Crippen molar-refractivity contribution in [2.45, 2.75) is 31.7 Å². The van der Waals surface area contributed by atoms with Crippen molar-refractivity contribution in [3.05, 3.63) is 24.3 Å². The molecule has 2 bridgehead atoms. The SMILES string of the molecule is O=C1[C@H]2CC[C@H](CN(c3nc4ccccc4o3)C2)N1CC1CC1. The maximum absolute atomic E-state index is 12.8. The van der Waals surface area contributed by atoms with Crippen LogP contribution in [-0.4, -0.2) is 41.5 Å². The van der Waals surface area contributed by atoms with Gasteiger partial charge in [0, 0.05) is 25.7 Å². The lowest BCUT2D eigenvalue weighted by molar-refractivity contribution is -0.140. The summed E-state index contributed by atoms with van der Waals surface area (Å²) in [5.74, 6) is 1.20. The average molecular weight is 311 g/mol. The summed E-state index contributed by atoms with van der Waals surface area (Å²) in [6.07, 6.45) is 4.69. The normalized spacial score (nSPS) is 27.7. The number of anilines is 1. The summed E-state index contributed by atoms with van der Waals surface area (Å²) in [4.78, 5) is 21.7. The number of benzene rings is 1. The van der Waals surface area contributed by atoms with Gasteiger partial charge >= 0.3 is 0 Å². The van der Waals surface area contributed by atoms with Gasteiger partial charge in [-0.15, -0.1) is 0 Å². The Kier molecular flexibility index (Phi) is 2.90. The summed E-state index contributed by atoms with van der Waals surface area (Å²) < 4.78 is 5.94. The Balaban J connectivity index is 1.45. The van der Waals surface area contributed by atoms with Crippen LogP contribution in [0.5, 0.6) is 0 Å². The van der Waals surface area contributed by atoms with Crippen LogP contribution in [0.15, 0.2) is 28.7 Å². The molecule has 2 aromatic rings. The first-order chi connectivity index (χ1) is 11.3. The highest BCUT2D eigenvalue weighted by molar-refractivity contribution is 5.81. The molecule has 5 nitrogen and oxygen atoms in total. The molecule has 1 aromatic heterocycles. The van der Waals surface area contributed by atoms with Gasteiger partial charge in [0.05, 0.1) is 5.92 Å². The van der Waals surface area contributed by atoms with Crippen LogP contribution in [0.4, 0.5) is 6.01 Å². The maximum Gasteiger partial charge on any atom is 0.298 e. The average Bonchev–Trinajstić information content (AvgIpc) is 3.33. The molecule has 1 aliphatic carbocycles. The first kappa shape index (κ1) is 13.4. The Hall–Kier alpha value is -2.04. The lowest BCUT2D eigenvalue weighted by Gasteiger charge is -2.36. The Morgan fingerprint density at radius 1 is 1.13 bits per heavy atom. The molecule has 1 aromatic carbocycles. The first-order valence-electron chi connectivity index (χ1n) is 8.69. The van der Waals surface area contributed by atoms with E-state index in [9.17, 15) is 4.79 Å². The molecule has 0 N–H and O–H groups in total. The van der Waals surface area contributed by atoms with Gasteiger partial charge < -0.3 is 14.2 Å². The molecule has 0 radical (unpaired) electrons. The molecular weight excluding hydrogens is 290 g/mol. The molecule has 23 heavy (non-hydrogen) atoms. The fourth-order valence-corrected chi connectivity index (χ4v) is 4.01. The summed E-state index contributed by atoms with van der Waals surface area (Å²) in [6.45, 7) is 2.55. The number of hydrogen-bond donors (Lipinski definition) is 0. The number of fused-ring (bicyclic) bond motifs is 5. The number of nitrogens with zero attached hydrogens (tertiary/aromatic N) is 3. The predicted molar refractivity (Wildman–Crippen MR) is 87.2 cm³/mol. The first-order valence-corrected chi connectivity index (χ1v) is 8.69. The number of carbonyl (C=O) groups is 1. The molecule has 4 heterocycles. The Labute approximate surface area is 135 Å². The van der Waals surface area contributed by atoms with Crippen LogP contribution in [-0.2, 0) is 4.79 Å². The minimum Gasteiger partial charge on any atom is -0.423 e. The van der Waals surface area contributed by atoms with Gasteiger partial charge in [-0.05, 0) is 43.7 Å². The molecule has 4 fully saturated rings. The van der Waals surface area contributed by atoms with E-state index in [0.29, 0.717) is 18.0 Å². The minimum absolute atomic E-state index is 0.0995. The molecule has 120 valence electrons. The van der Waals surface area contributed by atoms with Crippen molar-refractivity contribution in [2.75, 3.05) is 24.5 Å². The zero-order valence-electron chi connectivity index (χ0n) is 13.1. The van der Waals surface area contributed by atoms with Crippen LogP contribution in [0.25, 0.3) is 11.1 Å². The lowest BCUT2D eigenvalue weighted by atomic mass is 9.94. The van der Waals surface area contributed by atoms with Crippen LogP contribution < -0.4 is 4.90 Å². The van der Waals surface area contributed by atoms with Crippen molar-refractivity contribution in [3.8, 4) is 0 Å². The topological polar surface area (TPSA) is 49.6 Å². The molecule has 0 unspecified atom stereocenters. The van der Waals surface area contributed by atoms with Gasteiger partial charge in [0.2, 0.25) is 5.91 Å². The van der Waals surface area contributed by atoms with Crippen LogP contribution in [0, 0.1) is 11.8 Å². The molecule has 4 aliphatic rings.